The smallest absolute Gasteiger partial charge is 0.266 e. The molecule has 0 spiro atoms. The average molecular weight is 320 g/mol. The fraction of sp³-hybridized carbons (Fsp3) is 0.438. The lowest BCUT2D eigenvalue weighted by molar-refractivity contribution is 0.0759. The Morgan fingerprint density at radius 2 is 1.95 bits per heavy atom. The van der Waals surface area contributed by atoms with Crippen molar-refractivity contribution in [3.8, 4) is 0 Å². The van der Waals surface area contributed by atoms with E-state index in [0.717, 1.165) is 23.2 Å². The van der Waals surface area contributed by atoms with Gasteiger partial charge in [0.1, 0.15) is 4.88 Å². The summed E-state index contributed by atoms with van der Waals surface area (Å²) in [6, 6.07) is 6.06. The van der Waals surface area contributed by atoms with Crippen LogP contribution in [0.15, 0.2) is 18.2 Å². The van der Waals surface area contributed by atoms with E-state index in [4.69, 9.17) is 5.73 Å². The fourth-order valence-corrected chi connectivity index (χ4v) is 5.41. The molecule has 0 bridgehead atoms. The van der Waals surface area contributed by atoms with E-state index in [1.165, 1.54) is 16.9 Å². The summed E-state index contributed by atoms with van der Waals surface area (Å²) in [6.45, 7) is 8.04. The van der Waals surface area contributed by atoms with E-state index in [2.05, 4.69) is 26.8 Å². The molecule has 2 heterocycles. The van der Waals surface area contributed by atoms with Crippen molar-refractivity contribution in [3.63, 3.8) is 0 Å². The SMILES string of the molecule is Cc1cccc2c(N)c(C(=O)N3CC(C)SC(C)C3)sc12. The van der Waals surface area contributed by atoms with E-state index in [1.807, 2.05) is 28.8 Å². The number of nitrogens with zero attached hydrogens (tertiary/aromatic N) is 1. The molecule has 0 radical (unpaired) electrons. The molecule has 112 valence electrons. The van der Waals surface area contributed by atoms with Gasteiger partial charge in [-0.1, -0.05) is 32.0 Å². The van der Waals surface area contributed by atoms with Crippen molar-refractivity contribution in [2.45, 2.75) is 31.3 Å². The van der Waals surface area contributed by atoms with Crippen LogP contribution in [0.2, 0.25) is 0 Å². The molecule has 2 aromatic rings. The number of amides is 1. The van der Waals surface area contributed by atoms with Gasteiger partial charge in [0.05, 0.1) is 5.69 Å². The second-order valence-corrected chi connectivity index (χ2v) is 8.67. The number of thioether (sulfide) groups is 1. The Kier molecular flexibility index (Phi) is 3.88. The van der Waals surface area contributed by atoms with E-state index in [-0.39, 0.29) is 5.91 Å². The first-order valence-electron chi connectivity index (χ1n) is 7.19. The number of carbonyl (C=O) groups excluding carboxylic acids is 1. The molecule has 1 aliphatic rings. The Morgan fingerprint density at radius 1 is 1.29 bits per heavy atom. The summed E-state index contributed by atoms with van der Waals surface area (Å²) in [5, 5.41) is 1.97. The molecule has 3 rings (SSSR count). The Morgan fingerprint density at radius 3 is 2.57 bits per heavy atom. The number of rotatable bonds is 1. The van der Waals surface area contributed by atoms with E-state index in [0.29, 0.717) is 21.1 Å². The van der Waals surface area contributed by atoms with Crippen molar-refractivity contribution >= 4 is 44.8 Å². The highest BCUT2D eigenvalue weighted by molar-refractivity contribution is 8.00. The monoisotopic (exact) mass is 320 g/mol. The normalized spacial score (nSPS) is 22.7. The van der Waals surface area contributed by atoms with Crippen LogP contribution in [0.1, 0.15) is 29.1 Å². The number of anilines is 1. The first-order valence-corrected chi connectivity index (χ1v) is 8.95. The molecule has 1 aliphatic heterocycles. The minimum atomic E-state index is 0.0899. The maximum atomic E-state index is 12.8. The number of hydrogen-bond acceptors (Lipinski definition) is 4. The minimum absolute atomic E-state index is 0.0899. The summed E-state index contributed by atoms with van der Waals surface area (Å²) in [4.78, 5) is 15.5. The van der Waals surface area contributed by atoms with Crippen LogP contribution in [0.5, 0.6) is 0 Å². The van der Waals surface area contributed by atoms with Crippen LogP contribution < -0.4 is 5.73 Å². The van der Waals surface area contributed by atoms with Crippen LogP contribution in [0, 0.1) is 6.92 Å². The maximum absolute atomic E-state index is 12.8. The molecular formula is C16H20N2OS2. The number of hydrogen-bond donors (Lipinski definition) is 1. The summed E-state index contributed by atoms with van der Waals surface area (Å²) >= 11 is 3.48. The highest BCUT2D eigenvalue weighted by Gasteiger charge is 2.29. The van der Waals surface area contributed by atoms with Gasteiger partial charge in [-0.05, 0) is 12.5 Å². The molecule has 0 saturated carbocycles. The fourth-order valence-electron chi connectivity index (χ4n) is 2.93. The highest BCUT2D eigenvalue weighted by atomic mass is 32.2. The molecule has 0 aliphatic carbocycles. The zero-order chi connectivity index (χ0) is 15.1. The van der Waals surface area contributed by atoms with Gasteiger partial charge in [0.15, 0.2) is 0 Å². The standard InChI is InChI=1S/C16H20N2OS2/c1-9-5-4-6-12-13(17)15(21-14(9)12)16(19)18-7-10(2)20-11(3)8-18/h4-6,10-11H,7-8,17H2,1-3H3. The topological polar surface area (TPSA) is 46.3 Å². The molecule has 21 heavy (non-hydrogen) atoms. The third-order valence-corrected chi connectivity index (χ3v) is 6.42. The van der Waals surface area contributed by atoms with Gasteiger partial charge < -0.3 is 10.6 Å². The van der Waals surface area contributed by atoms with Gasteiger partial charge in [-0.2, -0.15) is 11.8 Å². The molecule has 1 fully saturated rings. The average Bonchev–Trinajstić information content (AvgIpc) is 2.76. The number of benzene rings is 1. The van der Waals surface area contributed by atoms with E-state index in [1.54, 1.807) is 0 Å². The largest absolute Gasteiger partial charge is 0.397 e. The molecule has 5 heteroatoms. The number of thiophene rings is 1. The number of nitrogens with two attached hydrogens (primary N) is 1. The van der Waals surface area contributed by atoms with Crippen molar-refractivity contribution in [2.75, 3.05) is 18.8 Å². The van der Waals surface area contributed by atoms with E-state index < -0.39 is 0 Å². The summed E-state index contributed by atoms with van der Waals surface area (Å²) < 4.78 is 1.13. The predicted molar refractivity (Wildman–Crippen MR) is 93.4 cm³/mol. The molecule has 2 unspecified atom stereocenters. The lowest BCUT2D eigenvalue weighted by Gasteiger charge is -2.34. The summed E-state index contributed by atoms with van der Waals surface area (Å²) in [6.07, 6.45) is 0. The number of carbonyl (C=O) groups is 1. The first-order chi connectivity index (χ1) is 9.97. The zero-order valence-electron chi connectivity index (χ0n) is 12.6. The van der Waals surface area contributed by atoms with Gasteiger partial charge in [-0.15, -0.1) is 11.3 Å². The van der Waals surface area contributed by atoms with Crippen LogP contribution in [0.3, 0.4) is 0 Å². The predicted octanol–water partition coefficient (Wildman–Crippen LogP) is 3.76. The van der Waals surface area contributed by atoms with Gasteiger partial charge in [0.25, 0.3) is 5.91 Å². The van der Waals surface area contributed by atoms with Crippen LogP contribution in [0.25, 0.3) is 10.1 Å². The Balaban J connectivity index is 1.98. The van der Waals surface area contributed by atoms with Gasteiger partial charge in [0.2, 0.25) is 0 Å². The lowest BCUT2D eigenvalue weighted by Crippen LogP contribution is -2.43. The molecule has 1 saturated heterocycles. The number of nitrogen functional groups attached to an aromatic ring is 1. The molecule has 1 aromatic carbocycles. The molecule has 2 atom stereocenters. The van der Waals surface area contributed by atoms with Crippen LogP contribution >= 0.6 is 23.1 Å². The maximum Gasteiger partial charge on any atom is 0.266 e. The Hall–Kier alpha value is -1.20. The van der Waals surface area contributed by atoms with Gasteiger partial charge in [-0.25, -0.2) is 0 Å². The molecule has 3 nitrogen and oxygen atoms in total. The van der Waals surface area contributed by atoms with E-state index in [9.17, 15) is 4.79 Å². The molecule has 1 amide bonds. The summed E-state index contributed by atoms with van der Waals surface area (Å²) in [5.74, 6) is 0.0899. The van der Waals surface area contributed by atoms with Crippen molar-refractivity contribution in [2.24, 2.45) is 0 Å². The van der Waals surface area contributed by atoms with Crippen LogP contribution in [0.4, 0.5) is 5.69 Å². The lowest BCUT2D eigenvalue weighted by atomic mass is 10.1. The first kappa shape index (κ1) is 14.7. The second kappa shape index (κ2) is 5.54. The van der Waals surface area contributed by atoms with Crippen LogP contribution in [-0.4, -0.2) is 34.4 Å². The van der Waals surface area contributed by atoms with Crippen molar-refractivity contribution in [1.29, 1.82) is 0 Å². The highest BCUT2D eigenvalue weighted by Crippen LogP contribution is 2.37. The Labute approximate surface area is 133 Å². The van der Waals surface area contributed by atoms with Crippen molar-refractivity contribution in [3.05, 3.63) is 28.6 Å². The van der Waals surface area contributed by atoms with Gasteiger partial charge >= 0.3 is 0 Å². The summed E-state index contributed by atoms with van der Waals surface area (Å²) in [5.41, 5.74) is 8.06. The van der Waals surface area contributed by atoms with Crippen LogP contribution in [-0.2, 0) is 0 Å². The summed E-state index contributed by atoms with van der Waals surface area (Å²) in [7, 11) is 0. The number of aryl methyl sites for hydroxylation is 1. The molecule has 2 N–H and O–H groups in total. The van der Waals surface area contributed by atoms with Gasteiger partial charge in [0, 0.05) is 33.7 Å². The number of fused-ring (bicyclic) bond motifs is 1. The van der Waals surface area contributed by atoms with Crippen molar-refractivity contribution in [1.82, 2.24) is 4.90 Å². The third-order valence-electron chi connectivity index (χ3n) is 3.85. The minimum Gasteiger partial charge on any atom is -0.397 e. The Bertz CT molecular complexity index is 685. The van der Waals surface area contributed by atoms with Gasteiger partial charge in [-0.3, -0.25) is 4.79 Å². The van der Waals surface area contributed by atoms with E-state index >= 15 is 0 Å². The second-order valence-electron chi connectivity index (χ2n) is 5.76. The van der Waals surface area contributed by atoms with Crippen molar-refractivity contribution < 1.29 is 4.79 Å². The molecule has 1 aromatic heterocycles. The third kappa shape index (κ3) is 2.64. The quantitative estimate of drug-likeness (QED) is 0.870. The zero-order valence-corrected chi connectivity index (χ0v) is 14.2. The molecular weight excluding hydrogens is 300 g/mol.